The summed E-state index contributed by atoms with van der Waals surface area (Å²) in [4.78, 5) is 0. The van der Waals surface area contributed by atoms with Gasteiger partial charge in [0.1, 0.15) is 19.0 Å². The predicted molar refractivity (Wildman–Crippen MR) is 302 cm³/mol. The summed E-state index contributed by atoms with van der Waals surface area (Å²) in [5, 5.41) is 5.81. The van der Waals surface area contributed by atoms with Gasteiger partial charge in [-0.05, 0) is 0 Å². The largest absolute Gasteiger partial charge is 1.00 e. The molecule has 0 aromatic heterocycles. The van der Waals surface area contributed by atoms with Crippen LogP contribution in [0.5, 0.6) is 0 Å². The zero-order valence-electron chi connectivity index (χ0n) is 45.3. The molecule has 2 unspecified atom stereocenters. The molecule has 0 heterocycles. The van der Waals surface area contributed by atoms with Gasteiger partial charge in [-0.25, -0.2) is 11.1 Å². The average Bonchev–Trinajstić information content (AvgIpc) is 3.70. The Kier molecular flexibility index (Phi) is 54.7. The van der Waals surface area contributed by atoms with Gasteiger partial charge < -0.3 is 36.3 Å². The van der Waals surface area contributed by atoms with E-state index < -0.39 is 0 Å². The van der Waals surface area contributed by atoms with Crippen LogP contribution in [0.15, 0.2) is 155 Å². The Bertz CT molecular complexity index is 1660. The fourth-order valence-corrected chi connectivity index (χ4v) is 9.85. The zero-order chi connectivity index (χ0) is 48.6. The Morgan fingerprint density at radius 3 is 0.743 bits per heavy atom. The van der Waals surface area contributed by atoms with Gasteiger partial charge in [0.05, 0.1) is 0 Å². The Labute approximate surface area is 487 Å². The van der Waals surface area contributed by atoms with Gasteiger partial charge in [0.25, 0.3) is 0 Å². The van der Waals surface area contributed by atoms with E-state index in [-0.39, 0.29) is 95.5 Å². The summed E-state index contributed by atoms with van der Waals surface area (Å²) in [6, 6.07) is 42.6. The molecule has 0 saturated carbocycles. The van der Waals surface area contributed by atoms with Crippen LogP contribution in [0.25, 0.3) is 11.5 Å². The second-order valence-corrected chi connectivity index (χ2v) is 21.2. The molecular weight excluding hydrogens is 1260 g/mol. The number of unbranched alkanes of at least 4 members (excludes halogenated alkanes) is 14. The van der Waals surface area contributed by atoms with Crippen LogP contribution in [0.2, 0.25) is 0 Å². The Morgan fingerprint density at radius 1 is 0.371 bits per heavy atom. The van der Waals surface area contributed by atoms with E-state index in [1.807, 2.05) is 0 Å². The zero-order valence-corrected chi connectivity index (χ0v) is 56.3. The maximum atomic E-state index is 6.95. The van der Waals surface area contributed by atoms with Crippen molar-refractivity contribution in [1.82, 2.24) is 0 Å². The van der Waals surface area contributed by atoms with Crippen molar-refractivity contribution < 1.29 is 76.5 Å². The minimum Gasteiger partial charge on any atom is -1.00 e. The number of allylic oxidation sites excluding steroid dienone is 8. The van der Waals surface area contributed by atoms with E-state index in [9.17, 15) is 0 Å². The first kappa shape index (κ1) is 75.0. The molecule has 2 nitrogen and oxygen atoms in total. The van der Waals surface area contributed by atoms with Crippen LogP contribution in [0.3, 0.4) is 0 Å². The summed E-state index contributed by atoms with van der Waals surface area (Å²) >= 11 is 0. The third-order valence-electron chi connectivity index (χ3n) is 12.4. The maximum absolute atomic E-state index is 6.95. The van der Waals surface area contributed by atoms with Crippen molar-refractivity contribution in [3.63, 3.8) is 0 Å². The number of halogens is 2. The van der Waals surface area contributed by atoms with Crippen molar-refractivity contribution in [3.05, 3.63) is 178 Å². The molecule has 70 heavy (non-hydrogen) atoms. The monoisotopic (exact) mass is 1350 g/mol. The summed E-state index contributed by atoms with van der Waals surface area (Å²) < 4.78 is 0. The minimum absolute atomic E-state index is 0. The van der Waals surface area contributed by atoms with Gasteiger partial charge in [-0.15, -0.1) is 13.8 Å². The molecular formula is C62H92Cl2Hf2N2Si2-6. The van der Waals surface area contributed by atoms with Crippen LogP contribution in [-0.2, 0) is 51.7 Å². The molecule has 4 aromatic carbocycles. The first-order valence-corrected chi connectivity index (χ1v) is 28.0. The fourth-order valence-electron chi connectivity index (χ4n) is 7.42. The Morgan fingerprint density at radius 2 is 0.586 bits per heavy atom. The van der Waals surface area contributed by atoms with Crippen molar-refractivity contribution in [1.29, 1.82) is 0 Å². The molecule has 4 aromatic rings. The summed E-state index contributed by atoms with van der Waals surface area (Å²) in [5.74, 6) is 1.12. The van der Waals surface area contributed by atoms with Crippen molar-refractivity contribution in [3.8, 4) is 0 Å². The molecule has 0 aliphatic heterocycles. The van der Waals surface area contributed by atoms with Crippen molar-refractivity contribution in [2.75, 3.05) is 13.1 Å². The normalized spacial score (nSPS) is 13.9. The van der Waals surface area contributed by atoms with E-state index in [0.29, 0.717) is 24.9 Å². The van der Waals surface area contributed by atoms with E-state index in [0.717, 1.165) is 12.8 Å². The number of hydrogen-bond acceptors (Lipinski definition) is 0. The molecule has 386 valence electrons. The second kappa shape index (κ2) is 51.0. The van der Waals surface area contributed by atoms with Crippen LogP contribution >= 0.6 is 0 Å². The van der Waals surface area contributed by atoms with E-state index in [1.54, 1.807) is 0 Å². The van der Waals surface area contributed by atoms with Crippen LogP contribution < -0.4 is 45.6 Å². The quantitative estimate of drug-likeness (QED) is 0.0481. The molecule has 8 heteroatoms. The van der Waals surface area contributed by atoms with Crippen LogP contribution in [0, 0.1) is 24.0 Å². The van der Waals surface area contributed by atoms with Crippen molar-refractivity contribution in [2.45, 2.75) is 172 Å². The molecule has 0 amide bonds. The number of hydrogen-bond donors (Lipinski definition) is 0. The van der Waals surface area contributed by atoms with Gasteiger partial charge in [0.2, 0.25) is 0 Å². The molecule has 6 rings (SSSR count). The summed E-state index contributed by atoms with van der Waals surface area (Å²) in [6.45, 7) is 23.1. The standard InChI is InChI=1S/2C12H11Si.2C10H22N.2C9H13.2ClH.2Hf/c2*1-3-7-11(8-4-1)13-12-9-5-2-6-10-12;2*1-2-3-4-5-6-7-8-9-10-11;2*1-6-5-7(2)9(4)8(6)3;;;;/h2*1-10,13H;2*11H,2-10H2,1H3;2*6H,1-4H3;2*1H;;/q;;4*-1;;;;/p-2. The topological polar surface area (TPSA) is 47.6 Å². The first-order valence-electron chi connectivity index (χ1n) is 25.7. The number of nitrogens with one attached hydrogen (secondary N) is 2. The van der Waals surface area contributed by atoms with E-state index in [1.165, 1.54) is 144 Å². The molecule has 0 bridgehead atoms. The van der Waals surface area contributed by atoms with Gasteiger partial charge >= 0.3 is 0 Å². The first-order chi connectivity index (χ1) is 32.0. The molecule has 2 radical (unpaired) electrons. The van der Waals surface area contributed by atoms with Crippen LogP contribution in [0.1, 0.15) is 172 Å². The molecule has 0 fully saturated rings. The van der Waals surface area contributed by atoms with Gasteiger partial charge in [-0.2, -0.15) is 35.4 Å². The molecule has 0 saturated heterocycles. The van der Waals surface area contributed by atoms with E-state index in [4.69, 9.17) is 11.5 Å². The maximum Gasteiger partial charge on any atom is 0.103 e. The van der Waals surface area contributed by atoms with Crippen LogP contribution in [-0.4, -0.2) is 32.1 Å². The van der Waals surface area contributed by atoms with Gasteiger partial charge in [0, 0.05) is 51.7 Å². The Hall–Kier alpha value is -1.49. The van der Waals surface area contributed by atoms with E-state index in [2.05, 4.69) is 203 Å². The molecule has 2 atom stereocenters. The molecule has 0 spiro atoms. The number of rotatable bonds is 20. The van der Waals surface area contributed by atoms with Crippen molar-refractivity contribution in [2.24, 2.45) is 11.8 Å². The summed E-state index contributed by atoms with van der Waals surface area (Å²) in [5.41, 5.74) is 22.4. The second-order valence-electron chi connectivity index (χ2n) is 18.0. The summed E-state index contributed by atoms with van der Waals surface area (Å²) in [7, 11) is 0.543. The molecule has 2 aliphatic carbocycles. The van der Waals surface area contributed by atoms with Crippen molar-refractivity contribution >= 4 is 39.8 Å². The SMILES string of the molecule is CC1=[C-]C(C)C(C)=C1C.CC1=[C-]C(C)C(C)=C1C.CCCCCCCCCC[NH-].CCCCCCCCCC[NH-].[Cl-].[Cl-].[Hf].[Hf].c1ccc([SiH]c2ccccc2)cc1.c1ccc([SiH]c2ccccc2)cc1. The van der Waals surface area contributed by atoms with E-state index >= 15 is 0 Å². The minimum atomic E-state index is 0. The van der Waals surface area contributed by atoms with Gasteiger partial charge in [-0.1, -0.05) is 312 Å². The van der Waals surface area contributed by atoms with Crippen LogP contribution in [0.4, 0.5) is 0 Å². The fraction of sp³-hybridized carbons (Fsp3) is 0.484. The predicted octanol–water partition coefficient (Wildman–Crippen LogP) is 9.95. The molecule has 2 N–H and O–H groups in total. The van der Waals surface area contributed by atoms with Gasteiger partial charge in [-0.3, -0.25) is 12.2 Å². The van der Waals surface area contributed by atoms with Gasteiger partial charge in [0.15, 0.2) is 0 Å². The molecule has 2 aliphatic rings. The third kappa shape index (κ3) is 38.1. The smallest absolute Gasteiger partial charge is 0.103 e. The Balaban J connectivity index is -0.000000371. The third-order valence-corrected chi connectivity index (χ3v) is 15.3. The number of benzene rings is 4. The average molecular weight is 1350 g/mol. The summed E-state index contributed by atoms with van der Waals surface area (Å²) in [6.07, 6.45) is 28.1.